The van der Waals surface area contributed by atoms with Crippen LogP contribution in [0.25, 0.3) is 0 Å². The molecular formula is C17H30N2O4S2. The number of nitrogens with one attached hydrogen (secondary N) is 1. The van der Waals surface area contributed by atoms with Crippen molar-refractivity contribution >= 4 is 32.8 Å². The number of ether oxygens (including phenoxy) is 1. The third kappa shape index (κ3) is 5.44. The minimum atomic E-state index is -3.19. The van der Waals surface area contributed by atoms with Gasteiger partial charge in [-0.3, -0.25) is 4.99 Å². The Labute approximate surface area is 155 Å². The highest BCUT2D eigenvalue weighted by Crippen LogP contribution is 2.38. The van der Waals surface area contributed by atoms with Crippen LogP contribution in [-0.2, 0) is 19.6 Å². The Morgan fingerprint density at radius 1 is 1.28 bits per heavy atom. The monoisotopic (exact) mass is 390 g/mol. The van der Waals surface area contributed by atoms with Crippen molar-refractivity contribution in [2.24, 2.45) is 22.7 Å². The standard InChI is InChI=1S/C17H30N2O4S2/c1-11(2)25(21,22)18-9-12(3)13-5-7-14(8-6-13)16-19-15(10-24-16)17(20)23-4/h11-15,18H,5-10H2,1-4H3. The van der Waals surface area contributed by atoms with Gasteiger partial charge in [0.05, 0.1) is 17.4 Å². The molecule has 2 atom stereocenters. The normalized spacial score (nSPS) is 28.7. The molecule has 0 aromatic carbocycles. The molecule has 2 unspecified atom stereocenters. The predicted octanol–water partition coefficient (Wildman–Crippen LogP) is 2.44. The molecule has 1 aliphatic heterocycles. The van der Waals surface area contributed by atoms with E-state index in [1.165, 1.54) is 7.11 Å². The van der Waals surface area contributed by atoms with E-state index >= 15 is 0 Å². The molecule has 6 nitrogen and oxygen atoms in total. The number of hydrogen-bond acceptors (Lipinski definition) is 6. The zero-order valence-corrected chi connectivity index (χ0v) is 17.2. The molecule has 1 aliphatic carbocycles. The van der Waals surface area contributed by atoms with Crippen LogP contribution in [0.3, 0.4) is 0 Å². The summed E-state index contributed by atoms with van der Waals surface area (Å²) >= 11 is 1.68. The summed E-state index contributed by atoms with van der Waals surface area (Å²) in [5.41, 5.74) is 0. The number of esters is 1. The summed E-state index contributed by atoms with van der Waals surface area (Å²) in [6.45, 7) is 6.03. The highest BCUT2D eigenvalue weighted by molar-refractivity contribution is 8.14. The molecule has 1 N–H and O–H groups in total. The summed E-state index contributed by atoms with van der Waals surface area (Å²) in [5.74, 6) is 1.75. The van der Waals surface area contributed by atoms with Gasteiger partial charge in [0.1, 0.15) is 0 Å². The van der Waals surface area contributed by atoms with Crippen molar-refractivity contribution in [3.63, 3.8) is 0 Å². The first-order valence-electron chi connectivity index (χ1n) is 9.01. The third-order valence-electron chi connectivity index (χ3n) is 5.30. The van der Waals surface area contributed by atoms with E-state index in [0.717, 1.165) is 30.7 Å². The van der Waals surface area contributed by atoms with E-state index in [-0.39, 0.29) is 12.0 Å². The second kappa shape index (κ2) is 8.86. The fourth-order valence-electron chi connectivity index (χ4n) is 3.39. The molecule has 1 heterocycles. The Hall–Kier alpha value is -0.600. The Morgan fingerprint density at radius 3 is 2.48 bits per heavy atom. The van der Waals surface area contributed by atoms with Crippen LogP contribution in [0, 0.1) is 17.8 Å². The molecule has 0 saturated heterocycles. The van der Waals surface area contributed by atoms with Crippen molar-refractivity contribution in [1.29, 1.82) is 0 Å². The largest absolute Gasteiger partial charge is 0.467 e. The molecule has 1 fully saturated rings. The van der Waals surface area contributed by atoms with Crippen LogP contribution in [0.5, 0.6) is 0 Å². The molecule has 2 aliphatic rings. The lowest BCUT2D eigenvalue weighted by Crippen LogP contribution is -2.36. The van der Waals surface area contributed by atoms with E-state index < -0.39 is 15.3 Å². The predicted molar refractivity (Wildman–Crippen MR) is 102 cm³/mol. The van der Waals surface area contributed by atoms with Crippen LogP contribution in [0.1, 0.15) is 46.5 Å². The molecule has 25 heavy (non-hydrogen) atoms. The quantitative estimate of drug-likeness (QED) is 0.675. The zero-order chi connectivity index (χ0) is 18.6. The van der Waals surface area contributed by atoms with Gasteiger partial charge >= 0.3 is 5.97 Å². The number of carbonyl (C=O) groups is 1. The Kier molecular flexibility index (Phi) is 7.34. The molecule has 8 heteroatoms. The minimum Gasteiger partial charge on any atom is -0.467 e. The molecule has 0 aromatic heterocycles. The van der Waals surface area contributed by atoms with E-state index in [4.69, 9.17) is 4.74 Å². The molecule has 1 saturated carbocycles. The molecule has 144 valence electrons. The number of thioether (sulfide) groups is 1. The van der Waals surface area contributed by atoms with Gasteiger partial charge < -0.3 is 4.74 Å². The van der Waals surface area contributed by atoms with Crippen molar-refractivity contribution in [3.05, 3.63) is 0 Å². The number of carbonyl (C=O) groups excluding carboxylic acids is 1. The molecule has 0 aromatic rings. The van der Waals surface area contributed by atoms with Gasteiger partial charge in [0.15, 0.2) is 6.04 Å². The fourth-order valence-corrected chi connectivity index (χ4v) is 5.43. The van der Waals surface area contributed by atoms with Crippen LogP contribution in [0.2, 0.25) is 0 Å². The van der Waals surface area contributed by atoms with E-state index in [1.807, 2.05) is 0 Å². The van der Waals surface area contributed by atoms with Gasteiger partial charge in [-0.15, -0.1) is 11.8 Å². The summed E-state index contributed by atoms with van der Waals surface area (Å²) in [6.07, 6.45) is 4.28. The smallest absolute Gasteiger partial charge is 0.331 e. The van der Waals surface area contributed by atoms with Crippen LogP contribution in [0.4, 0.5) is 0 Å². The van der Waals surface area contributed by atoms with Crippen LogP contribution >= 0.6 is 11.8 Å². The Bertz CT molecular complexity index is 596. The summed E-state index contributed by atoms with van der Waals surface area (Å²) in [7, 11) is -1.79. The number of sulfonamides is 1. The van der Waals surface area contributed by atoms with Crippen molar-refractivity contribution < 1.29 is 17.9 Å². The highest BCUT2D eigenvalue weighted by atomic mass is 32.2. The molecule has 0 radical (unpaired) electrons. The van der Waals surface area contributed by atoms with Gasteiger partial charge in [-0.1, -0.05) is 6.92 Å². The van der Waals surface area contributed by atoms with Crippen LogP contribution in [-0.4, -0.2) is 50.1 Å². The minimum absolute atomic E-state index is 0.248. The lowest BCUT2D eigenvalue weighted by molar-refractivity contribution is -0.141. The fraction of sp³-hybridized carbons (Fsp3) is 0.882. The SMILES string of the molecule is COC(=O)C1CSC(C2CCC(C(C)CNS(=O)(=O)C(C)C)CC2)=N1. The van der Waals surface area contributed by atoms with Crippen molar-refractivity contribution in [1.82, 2.24) is 4.72 Å². The average molecular weight is 391 g/mol. The molecule has 0 bridgehead atoms. The van der Waals surface area contributed by atoms with E-state index in [1.54, 1.807) is 25.6 Å². The number of hydrogen-bond donors (Lipinski definition) is 1. The van der Waals surface area contributed by atoms with Crippen LogP contribution < -0.4 is 4.72 Å². The maximum absolute atomic E-state index is 11.9. The van der Waals surface area contributed by atoms with Crippen LogP contribution in [0.15, 0.2) is 4.99 Å². The second-order valence-corrected chi connectivity index (χ2v) is 10.7. The van der Waals surface area contributed by atoms with Gasteiger partial charge in [0.2, 0.25) is 10.0 Å². The number of methoxy groups -OCH3 is 1. The number of nitrogens with zero attached hydrogens (tertiary/aromatic N) is 1. The molecule has 2 rings (SSSR count). The van der Waals surface area contributed by atoms with E-state index in [0.29, 0.717) is 30.1 Å². The Morgan fingerprint density at radius 2 is 1.92 bits per heavy atom. The van der Waals surface area contributed by atoms with Gasteiger partial charge in [0.25, 0.3) is 0 Å². The Balaban J connectivity index is 1.81. The zero-order valence-electron chi connectivity index (χ0n) is 15.5. The van der Waals surface area contributed by atoms with Gasteiger partial charge in [-0.25, -0.2) is 17.9 Å². The first-order chi connectivity index (χ1) is 11.7. The third-order valence-corrected chi connectivity index (χ3v) is 8.33. The molecular weight excluding hydrogens is 360 g/mol. The first-order valence-corrected chi connectivity index (χ1v) is 11.5. The topological polar surface area (TPSA) is 84.8 Å². The maximum Gasteiger partial charge on any atom is 0.331 e. The lowest BCUT2D eigenvalue weighted by atomic mass is 9.76. The summed E-state index contributed by atoms with van der Waals surface area (Å²) < 4.78 is 31.3. The lowest BCUT2D eigenvalue weighted by Gasteiger charge is -2.32. The van der Waals surface area contributed by atoms with E-state index in [9.17, 15) is 13.2 Å². The van der Waals surface area contributed by atoms with Crippen molar-refractivity contribution in [2.75, 3.05) is 19.4 Å². The summed E-state index contributed by atoms with van der Waals surface area (Å²) in [4.78, 5) is 16.1. The van der Waals surface area contributed by atoms with Crippen molar-refractivity contribution in [3.8, 4) is 0 Å². The van der Waals surface area contributed by atoms with Crippen molar-refractivity contribution in [2.45, 2.75) is 57.7 Å². The number of rotatable bonds is 7. The molecule has 0 amide bonds. The molecule has 0 spiro atoms. The van der Waals surface area contributed by atoms with Gasteiger partial charge in [0, 0.05) is 18.2 Å². The second-order valence-electron chi connectivity index (χ2n) is 7.35. The van der Waals surface area contributed by atoms with Gasteiger partial charge in [-0.2, -0.15) is 0 Å². The average Bonchev–Trinajstić information content (AvgIpc) is 3.09. The summed E-state index contributed by atoms with van der Waals surface area (Å²) in [6, 6.07) is -0.341. The highest BCUT2D eigenvalue weighted by Gasteiger charge is 2.33. The first kappa shape index (κ1) is 20.7. The summed E-state index contributed by atoms with van der Waals surface area (Å²) in [5, 5.41) is 0.706. The number of aliphatic imine (C=N–C) groups is 1. The van der Waals surface area contributed by atoms with E-state index in [2.05, 4.69) is 16.6 Å². The van der Waals surface area contributed by atoms with Gasteiger partial charge in [-0.05, 0) is 51.4 Å². The maximum atomic E-state index is 11.9.